The number of hydrogen-bond acceptors (Lipinski definition) is 2. The van der Waals surface area contributed by atoms with Crippen LogP contribution in [0.5, 0.6) is 0 Å². The average Bonchev–Trinajstić information content (AvgIpc) is 2.21. The quantitative estimate of drug-likeness (QED) is 0.720. The van der Waals surface area contributed by atoms with Gasteiger partial charge in [0.05, 0.1) is 6.54 Å². The molecule has 1 amide bonds. The van der Waals surface area contributed by atoms with E-state index >= 15 is 0 Å². The number of nitrogens with one attached hydrogen (secondary N) is 2. The zero-order valence-corrected chi connectivity index (χ0v) is 12.4. The summed E-state index contributed by atoms with van der Waals surface area (Å²) in [6, 6.07) is 0.454. The summed E-state index contributed by atoms with van der Waals surface area (Å²) in [7, 11) is 0. The summed E-state index contributed by atoms with van der Waals surface area (Å²) in [6.45, 7) is 13.1. The first-order valence-corrected chi connectivity index (χ1v) is 6.82. The highest BCUT2D eigenvalue weighted by Gasteiger charge is 2.15. The van der Waals surface area contributed by atoms with Crippen LogP contribution in [0.2, 0.25) is 0 Å². The maximum absolute atomic E-state index is 11.7. The number of hydrogen-bond donors (Lipinski definition) is 2. The fourth-order valence-corrected chi connectivity index (χ4v) is 1.75. The van der Waals surface area contributed by atoms with Crippen LogP contribution in [0.3, 0.4) is 0 Å². The first-order valence-electron chi connectivity index (χ1n) is 6.82. The Balaban J connectivity index is 3.94. The van der Waals surface area contributed by atoms with Gasteiger partial charge in [0.1, 0.15) is 0 Å². The van der Waals surface area contributed by atoms with Crippen molar-refractivity contribution < 1.29 is 4.79 Å². The number of carbonyl (C=O) groups excluding carboxylic acids is 1. The van der Waals surface area contributed by atoms with Crippen LogP contribution in [-0.2, 0) is 4.79 Å². The van der Waals surface area contributed by atoms with Crippen LogP contribution in [0.15, 0.2) is 0 Å². The fourth-order valence-electron chi connectivity index (χ4n) is 1.75. The van der Waals surface area contributed by atoms with E-state index in [1.54, 1.807) is 0 Å². The Labute approximate surface area is 107 Å². The van der Waals surface area contributed by atoms with E-state index in [-0.39, 0.29) is 11.4 Å². The lowest BCUT2D eigenvalue weighted by Gasteiger charge is -2.23. The summed E-state index contributed by atoms with van der Waals surface area (Å²) in [6.07, 6.45) is 3.43. The monoisotopic (exact) mass is 242 g/mol. The van der Waals surface area contributed by atoms with Crippen molar-refractivity contribution in [3.63, 3.8) is 0 Å². The minimum Gasteiger partial charge on any atom is -0.350 e. The van der Waals surface area contributed by atoms with Crippen LogP contribution >= 0.6 is 0 Å². The largest absolute Gasteiger partial charge is 0.350 e. The van der Waals surface area contributed by atoms with Gasteiger partial charge in [0, 0.05) is 11.6 Å². The molecule has 0 radical (unpaired) electrons. The molecule has 0 spiro atoms. The Kier molecular flexibility index (Phi) is 7.44. The molecule has 0 saturated heterocycles. The van der Waals surface area contributed by atoms with Crippen molar-refractivity contribution in [3.05, 3.63) is 0 Å². The van der Waals surface area contributed by atoms with Crippen LogP contribution in [0.25, 0.3) is 0 Å². The summed E-state index contributed by atoms with van der Waals surface area (Å²) in [5.41, 5.74) is -0.142. The van der Waals surface area contributed by atoms with Gasteiger partial charge in [-0.25, -0.2) is 0 Å². The first-order chi connectivity index (χ1) is 7.78. The van der Waals surface area contributed by atoms with Crippen molar-refractivity contribution in [2.24, 2.45) is 5.92 Å². The molecule has 0 aromatic heterocycles. The molecule has 2 atom stereocenters. The van der Waals surface area contributed by atoms with E-state index in [4.69, 9.17) is 0 Å². The van der Waals surface area contributed by atoms with Crippen LogP contribution in [0.1, 0.15) is 60.8 Å². The molecule has 3 heteroatoms. The van der Waals surface area contributed by atoms with Crippen LogP contribution < -0.4 is 10.6 Å². The van der Waals surface area contributed by atoms with Crippen molar-refractivity contribution in [3.8, 4) is 0 Å². The Morgan fingerprint density at radius 2 is 1.76 bits per heavy atom. The van der Waals surface area contributed by atoms with Crippen LogP contribution in [-0.4, -0.2) is 24.0 Å². The molecule has 3 nitrogen and oxygen atoms in total. The molecule has 2 N–H and O–H groups in total. The molecule has 2 unspecified atom stereocenters. The molecule has 0 fully saturated rings. The Morgan fingerprint density at radius 3 is 2.18 bits per heavy atom. The zero-order valence-electron chi connectivity index (χ0n) is 12.4. The normalized spacial score (nSPS) is 15.4. The van der Waals surface area contributed by atoms with Gasteiger partial charge >= 0.3 is 0 Å². The van der Waals surface area contributed by atoms with Crippen molar-refractivity contribution in [2.45, 2.75) is 72.4 Å². The van der Waals surface area contributed by atoms with E-state index in [2.05, 4.69) is 31.4 Å². The lowest BCUT2D eigenvalue weighted by Crippen LogP contribution is -2.46. The van der Waals surface area contributed by atoms with Gasteiger partial charge in [-0.15, -0.1) is 0 Å². The van der Waals surface area contributed by atoms with Gasteiger partial charge in [-0.3, -0.25) is 4.79 Å². The lowest BCUT2D eigenvalue weighted by atomic mass is 9.98. The Hall–Kier alpha value is -0.570. The van der Waals surface area contributed by atoms with Gasteiger partial charge < -0.3 is 10.6 Å². The highest BCUT2D eigenvalue weighted by molar-refractivity contribution is 5.78. The van der Waals surface area contributed by atoms with Gasteiger partial charge in [-0.1, -0.05) is 27.2 Å². The van der Waals surface area contributed by atoms with Crippen molar-refractivity contribution >= 4 is 5.91 Å². The second-order valence-electron chi connectivity index (χ2n) is 6.03. The minimum absolute atomic E-state index is 0.0834. The molecule has 0 aromatic rings. The average molecular weight is 242 g/mol. The highest BCUT2D eigenvalue weighted by Crippen LogP contribution is 2.11. The smallest absolute Gasteiger partial charge is 0.234 e. The second kappa shape index (κ2) is 7.70. The van der Waals surface area contributed by atoms with E-state index < -0.39 is 0 Å². The highest BCUT2D eigenvalue weighted by atomic mass is 16.2. The maximum Gasteiger partial charge on any atom is 0.234 e. The number of amides is 1. The molecular formula is C14H30N2O. The van der Waals surface area contributed by atoms with Crippen molar-refractivity contribution in [2.75, 3.05) is 6.54 Å². The molecule has 0 saturated carbocycles. The topological polar surface area (TPSA) is 41.1 Å². The van der Waals surface area contributed by atoms with E-state index in [1.807, 2.05) is 20.8 Å². The summed E-state index contributed by atoms with van der Waals surface area (Å²) in [4.78, 5) is 11.7. The maximum atomic E-state index is 11.7. The predicted molar refractivity (Wildman–Crippen MR) is 74.0 cm³/mol. The van der Waals surface area contributed by atoms with Gasteiger partial charge in [0.15, 0.2) is 0 Å². The predicted octanol–water partition coefficient (Wildman–Crippen LogP) is 2.71. The van der Waals surface area contributed by atoms with E-state index in [1.165, 1.54) is 6.42 Å². The Morgan fingerprint density at radius 1 is 1.18 bits per heavy atom. The fraction of sp³-hybridized carbons (Fsp3) is 0.929. The third kappa shape index (κ3) is 9.16. The molecule has 102 valence electrons. The number of carbonyl (C=O) groups is 1. The molecule has 0 heterocycles. The summed E-state index contributed by atoms with van der Waals surface area (Å²) < 4.78 is 0. The van der Waals surface area contributed by atoms with Gasteiger partial charge in [0.2, 0.25) is 5.91 Å². The molecule has 0 bridgehead atoms. The SMILES string of the molecule is CCC(C)CC(CC)NCC(=O)NC(C)(C)C. The van der Waals surface area contributed by atoms with Crippen molar-refractivity contribution in [1.82, 2.24) is 10.6 Å². The molecule has 0 aliphatic heterocycles. The Bertz CT molecular complexity index is 221. The van der Waals surface area contributed by atoms with Gasteiger partial charge in [-0.2, -0.15) is 0 Å². The van der Waals surface area contributed by atoms with Gasteiger partial charge in [-0.05, 0) is 39.5 Å². The van der Waals surface area contributed by atoms with E-state index in [0.29, 0.717) is 12.6 Å². The molecule has 17 heavy (non-hydrogen) atoms. The zero-order chi connectivity index (χ0) is 13.5. The second-order valence-corrected chi connectivity index (χ2v) is 6.03. The minimum atomic E-state index is -0.142. The molecule has 0 aromatic carbocycles. The summed E-state index contributed by atoms with van der Waals surface area (Å²) >= 11 is 0. The van der Waals surface area contributed by atoms with Crippen LogP contribution in [0.4, 0.5) is 0 Å². The summed E-state index contributed by atoms with van der Waals surface area (Å²) in [5.74, 6) is 0.804. The van der Waals surface area contributed by atoms with Crippen LogP contribution in [0, 0.1) is 5.92 Å². The first kappa shape index (κ1) is 16.4. The summed E-state index contributed by atoms with van der Waals surface area (Å²) in [5, 5.41) is 6.31. The number of rotatable bonds is 7. The third-order valence-corrected chi connectivity index (χ3v) is 2.94. The molecular weight excluding hydrogens is 212 g/mol. The van der Waals surface area contributed by atoms with E-state index in [0.717, 1.165) is 18.8 Å². The lowest BCUT2D eigenvalue weighted by molar-refractivity contribution is -0.121. The van der Waals surface area contributed by atoms with Crippen molar-refractivity contribution in [1.29, 1.82) is 0 Å². The standard InChI is InChI=1S/C14H30N2O/c1-7-11(3)9-12(8-2)15-10-13(17)16-14(4,5)6/h11-12,15H,7-10H2,1-6H3,(H,16,17). The molecule has 0 aliphatic rings. The molecule has 0 aliphatic carbocycles. The van der Waals surface area contributed by atoms with Gasteiger partial charge in [0.25, 0.3) is 0 Å². The molecule has 0 rings (SSSR count). The third-order valence-electron chi connectivity index (χ3n) is 2.94. The van der Waals surface area contributed by atoms with E-state index in [9.17, 15) is 4.79 Å².